The van der Waals surface area contributed by atoms with E-state index in [1.54, 1.807) is 24.3 Å². The van der Waals surface area contributed by atoms with Crippen LogP contribution in [0.1, 0.15) is 0 Å². The number of nitrogens with one attached hydrogen (secondary N) is 1. The Kier molecular flexibility index (Phi) is 4.28. The van der Waals surface area contributed by atoms with Crippen LogP contribution in [0.25, 0.3) is 0 Å². The summed E-state index contributed by atoms with van der Waals surface area (Å²) in [5, 5.41) is 3.93. The van der Waals surface area contributed by atoms with Crippen LogP contribution in [0.15, 0.2) is 29.3 Å². The maximum Gasteiger partial charge on any atom is 0.263 e. The summed E-state index contributed by atoms with van der Waals surface area (Å²) in [4.78, 5) is 15.6. The van der Waals surface area contributed by atoms with Crippen LogP contribution in [0, 0.1) is 0 Å². The minimum Gasteiger partial charge on any atom is -0.484 e. The molecule has 0 aliphatic carbocycles. The standard InChI is InChI=1S/C11H11ClN2O2S/c12-8-2-1-3-9(6-8)16-7-10(15)14-11-13-4-5-17-11/h1-3,6H,4-5,7H2,(H,13,14,15). The summed E-state index contributed by atoms with van der Waals surface area (Å²) >= 11 is 7.33. The van der Waals surface area contributed by atoms with Gasteiger partial charge in [0.15, 0.2) is 11.8 Å². The number of hydrogen-bond acceptors (Lipinski definition) is 4. The third-order valence-corrected chi connectivity index (χ3v) is 3.12. The van der Waals surface area contributed by atoms with E-state index in [4.69, 9.17) is 16.3 Å². The lowest BCUT2D eigenvalue weighted by Gasteiger charge is -2.06. The predicted octanol–water partition coefficient (Wildman–Crippen LogP) is 1.94. The van der Waals surface area contributed by atoms with Gasteiger partial charge in [-0.15, -0.1) is 0 Å². The zero-order valence-electron chi connectivity index (χ0n) is 8.98. The van der Waals surface area contributed by atoms with Gasteiger partial charge in [0.2, 0.25) is 0 Å². The lowest BCUT2D eigenvalue weighted by Crippen LogP contribution is -2.31. The van der Waals surface area contributed by atoms with Gasteiger partial charge in [-0.2, -0.15) is 0 Å². The molecule has 0 fully saturated rings. The monoisotopic (exact) mass is 270 g/mol. The highest BCUT2D eigenvalue weighted by molar-refractivity contribution is 8.14. The fourth-order valence-corrected chi connectivity index (χ4v) is 2.20. The van der Waals surface area contributed by atoms with Crippen molar-refractivity contribution in [2.24, 2.45) is 4.99 Å². The normalized spacial score (nSPS) is 14.3. The Labute approximate surface area is 108 Å². The number of thioether (sulfide) groups is 1. The highest BCUT2D eigenvalue weighted by Gasteiger charge is 2.11. The van der Waals surface area contributed by atoms with Crippen molar-refractivity contribution in [2.45, 2.75) is 0 Å². The van der Waals surface area contributed by atoms with Gasteiger partial charge in [-0.05, 0) is 18.2 Å². The van der Waals surface area contributed by atoms with E-state index in [2.05, 4.69) is 10.3 Å². The number of halogens is 1. The van der Waals surface area contributed by atoms with Crippen molar-refractivity contribution in [3.8, 4) is 5.75 Å². The second-order valence-corrected chi connectivity index (χ2v) is 4.85. The summed E-state index contributed by atoms with van der Waals surface area (Å²) < 4.78 is 5.30. The zero-order valence-corrected chi connectivity index (χ0v) is 10.6. The Bertz CT molecular complexity index is 451. The number of rotatable bonds is 3. The van der Waals surface area contributed by atoms with E-state index in [-0.39, 0.29) is 12.5 Å². The Morgan fingerprint density at radius 3 is 3.18 bits per heavy atom. The van der Waals surface area contributed by atoms with Gasteiger partial charge >= 0.3 is 0 Å². The number of aliphatic imine (C=N–C) groups is 1. The molecule has 0 radical (unpaired) electrons. The van der Waals surface area contributed by atoms with Gasteiger partial charge in [0, 0.05) is 10.8 Å². The van der Waals surface area contributed by atoms with Crippen LogP contribution < -0.4 is 10.1 Å². The lowest BCUT2D eigenvalue weighted by molar-refractivity contribution is -0.121. The van der Waals surface area contributed by atoms with Gasteiger partial charge in [0.1, 0.15) is 5.75 Å². The quantitative estimate of drug-likeness (QED) is 0.913. The maximum atomic E-state index is 11.5. The Morgan fingerprint density at radius 1 is 1.59 bits per heavy atom. The number of nitrogens with zero attached hydrogens (tertiary/aromatic N) is 1. The van der Waals surface area contributed by atoms with Crippen LogP contribution >= 0.6 is 23.4 Å². The minimum atomic E-state index is -0.210. The van der Waals surface area contributed by atoms with Crippen molar-refractivity contribution >= 4 is 34.4 Å². The van der Waals surface area contributed by atoms with Gasteiger partial charge in [0.05, 0.1) is 6.54 Å². The largest absolute Gasteiger partial charge is 0.484 e. The fourth-order valence-electron chi connectivity index (χ4n) is 1.27. The van der Waals surface area contributed by atoms with E-state index >= 15 is 0 Å². The van der Waals surface area contributed by atoms with Gasteiger partial charge < -0.3 is 10.1 Å². The summed E-state index contributed by atoms with van der Waals surface area (Å²) in [6.45, 7) is 0.718. The summed E-state index contributed by atoms with van der Waals surface area (Å²) in [6, 6.07) is 6.93. The SMILES string of the molecule is O=C(COc1cccc(Cl)c1)NC1=NCCS1. The van der Waals surface area contributed by atoms with Crippen LogP contribution in [0.2, 0.25) is 5.02 Å². The van der Waals surface area contributed by atoms with Gasteiger partial charge in [-0.3, -0.25) is 9.79 Å². The number of amides is 1. The van der Waals surface area contributed by atoms with E-state index in [0.29, 0.717) is 15.9 Å². The van der Waals surface area contributed by atoms with Crippen molar-refractivity contribution in [3.63, 3.8) is 0 Å². The third-order valence-electron chi connectivity index (χ3n) is 2.00. The van der Waals surface area contributed by atoms with Gasteiger partial charge in [0.25, 0.3) is 5.91 Å². The molecule has 1 heterocycles. The van der Waals surface area contributed by atoms with Gasteiger partial charge in [-0.1, -0.05) is 29.4 Å². The van der Waals surface area contributed by atoms with Crippen LogP contribution in [-0.4, -0.2) is 30.0 Å². The number of ether oxygens (including phenoxy) is 1. The topological polar surface area (TPSA) is 50.7 Å². The highest BCUT2D eigenvalue weighted by atomic mass is 35.5. The Hall–Kier alpha value is -1.20. The number of benzene rings is 1. The van der Waals surface area contributed by atoms with Crippen molar-refractivity contribution in [2.75, 3.05) is 18.9 Å². The van der Waals surface area contributed by atoms with Crippen LogP contribution in [0.5, 0.6) is 5.75 Å². The number of carbonyl (C=O) groups is 1. The lowest BCUT2D eigenvalue weighted by atomic mass is 10.3. The summed E-state index contributed by atoms with van der Waals surface area (Å²) in [7, 11) is 0. The molecule has 0 aromatic heterocycles. The molecule has 0 unspecified atom stereocenters. The molecule has 0 bridgehead atoms. The third kappa shape index (κ3) is 3.94. The molecule has 1 aromatic carbocycles. The van der Waals surface area contributed by atoms with Crippen molar-refractivity contribution in [1.29, 1.82) is 0 Å². The second-order valence-electron chi connectivity index (χ2n) is 3.33. The fraction of sp³-hybridized carbons (Fsp3) is 0.273. The molecule has 6 heteroatoms. The van der Waals surface area contributed by atoms with Gasteiger partial charge in [-0.25, -0.2) is 0 Å². The molecule has 0 spiro atoms. The summed E-state index contributed by atoms with van der Waals surface area (Å²) in [5.41, 5.74) is 0. The van der Waals surface area contributed by atoms with Crippen LogP contribution in [-0.2, 0) is 4.79 Å². The molecule has 1 aromatic rings. The molecule has 4 nitrogen and oxygen atoms in total. The first kappa shape index (κ1) is 12.3. The average molecular weight is 271 g/mol. The Balaban J connectivity index is 1.79. The summed E-state index contributed by atoms with van der Waals surface area (Å²) in [5.74, 6) is 1.29. The molecule has 1 aliphatic heterocycles. The molecule has 0 atom stereocenters. The summed E-state index contributed by atoms with van der Waals surface area (Å²) in [6.07, 6.45) is 0. The second kappa shape index (κ2) is 5.93. The van der Waals surface area contributed by atoms with Crippen molar-refractivity contribution < 1.29 is 9.53 Å². The Morgan fingerprint density at radius 2 is 2.47 bits per heavy atom. The van der Waals surface area contributed by atoms with E-state index in [9.17, 15) is 4.79 Å². The van der Waals surface area contributed by atoms with Crippen molar-refractivity contribution in [1.82, 2.24) is 5.32 Å². The van der Waals surface area contributed by atoms with Crippen molar-refractivity contribution in [3.05, 3.63) is 29.3 Å². The van der Waals surface area contributed by atoms with E-state index in [0.717, 1.165) is 12.3 Å². The molecule has 90 valence electrons. The number of hydrogen-bond donors (Lipinski definition) is 1. The average Bonchev–Trinajstić information content (AvgIpc) is 2.79. The zero-order chi connectivity index (χ0) is 12.1. The van der Waals surface area contributed by atoms with E-state index in [1.165, 1.54) is 11.8 Å². The van der Waals surface area contributed by atoms with Crippen LogP contribution in [0.4, 0.5) is 0 Å². The first-order chi connectivity index (χ1) is 8.24. The number of carbonyl (C=O) groups excluding carboxylic acids is 1. The van der Waals surface area contributed by atoms with Crippen LogP contribution in [0.3, 0.4) is 0 Å². The molecule has 1 aliphatic rings. The maximum absolute atomic E-state index is 11.5. The minimum absolute atomic E-state index is 0.0417. The number of amidine groups is 1. The smallest absolute Gasteiger partial charge is 0.263 e. The molecular formula is C11H11ClN2O2S. The highest BCUT2D eigenvalue weighted by Crippen LogP contribution is 2.16. The molecule has 1 amide bonds. The first-order valence-electron chi connectivity index (χ1n) is 5.09. The first-order valence-corrected chi connectivity index (χ1v) is 6.46. The molecule has 0 saturated carbocycles. The molecule has 17 heavy (non-hydrogen) atoms. The van der Waals surface area contributed by atoms with E-state index < -0.39 is 0 Å². The predicted molar refractivity (Wildman–Crippen MR) is 69.8 cm³/mol. The molecule has 1 N–H and O–H groups in total. The molecule has 0 saturated heterocycles. The molecule has 2 rings (SSSR count). The molecular weight excluding hydrogens is 260 g/mol. The van der Waals surface area contributed by atoms with E-state index in [1.807, 2.05) is 0 Å².